The van der Waals surface area contributed by atoms with Crippen LogP contribution in [-0.4, -0.2) is 53.1 Å². The van der Waals surface area contributed by atoms with Crippen LogP contribution in [0.2, 0.25) is 0 Å². The molecule has 1 saturated heterocycles. The number of piperazine rings is 1. The van der Waals surface area contributed by atoms with E-state index in [1.54, 1.807) is 30.4 Å². The molecule has 0 bridgehead atoms. The molecule has 1 aromatic carbocycles. The van der Waals surface area contributed by atoms with Gasteiger partial charge in [-0.25, -0.2) is 4.39 Å². The SMILES string of the molecule is CC(C(=O)O)N1CCN(Cc2ccc(-c3ccccc3F)s2)CC1. The fourth-order valence-corrected chi connectivity index (χ4v) is 4.03. The fourth-order valence-electron chi connectivity index (χ4n) is 2.95. The lowest BCUT2D eigenvalue weighted by Crippen LogP contribution is -2.51. The minimum atomic E-state index is -0.767. The van der Waals surface area contributed by atoms with E-state index in [2.05, 4.69) is 11.0 Å². The quantitative estimate of drug-likeness (QED) is 0.901. The molecule has 0 saturated carbocycles. The van der Waals surface area contributed by atoms with Gasteiger partial charge >= 0.3 is 5.97 Å². The molecule has 3 rings (SSSR count). The van der Waals surface area contributed by atoms with Gasteiger partial charge in [-0.3, -0.25) is 14.6 Å². The maximum Gasteiger partial charge on any atom is 0.320 e. The van der Waals surface area contributed by atoms with Gasteiger partial charge in [-0.05, 0) is 25.1 Å². The molecule has 1 aromatic heterocycles. The van der Waals surface area contributed by atoms with Crippen molar-refractivity contribution < 1.29 is 14.3 Å². The van der Waals surface area contributed by atoms with Gasteiger partial charge in [-0.2, -0.15) is 0 Å². The summed E-state index contributed by atoms with van der Waals surface area (Å²) >= 11 is 1.62. The number of nitrogens with zero attached hydrogens (tertiary/aromatic N) is 2. The zero-order valence-corrected chi connectivity index (χ0v) is 14.4. The molecule has 6 heteroatoms. The Kier molecular flexibility index (Phi) is 5.28. The largest absolute Gasteiger partial charge is 0.480 e. The highest BCUT2D eigenvalue weighted by Gasteiger charge is 2.25. The molecule has 1 aliphatic heterocycles. The molecule has 128 valence electrons. The van der Waals surface area contributed by atoms with Crippen molar-refractivity contribution in [2.75, 3.05) is 26.2 Å². The maximum absolute atomic E-state index is 13.9. The van der Waals surface area contributed by atoms with Gasteiger partial charge in [-0.1, -0.05) is 18.2 Å². The number of rotatable bonds is 5. The van der Waals surface area contributed by atoms with Crippen LogP contribution in [0.25, 0.3) is 10.4 Å². The lowest BCUT2D eigenvalue weighted by molar-refractivity contribution is -0.143. The van der Waals surface area contributed by atoms with Crippen LogP contribution in [0.5, 0.6) is 0 Å². The molecule has 0 aliphatic carbocycles. The molecule has 24 heavy (non-hydrogen) atoms. The molecule has 2 heterocycles. The van der Waals surface area contributed by atoms with Crippen molar-refractivity contribution in [2.24, 2.45) is 0 Å². The van der Waals surface area contributed by atoms with E-state index in [9.17, 15) is 9.18 Å². The van der Waals surface area contributed by atoms with Gasteiger partial charge in [0.25, 0.3) is 0 Å². The number of halogens is 1. The minimum absolute atomic E-state index is 0.192. The molecule has 1 fully saturated rings. The lowest BCUT2D eigenvalue weighted by Gasteiger charge is -2.36. The molecule has 0 spiro atoms. The first kappa shape index (κ1) is 17.1. The summed E-state index contributed by atoms with van der Waals surface area (Å²) in [6.45, 7) is 5.79. The van der Waals surface area contributed by atoms with Crippen LogP contribution < -0.4 is 0 Å². The predicted molar refractivity (Wildman–Crippen MR) is 93.7 cm³/mol. The summed E-state index contributed by atoms with van der Waals surface area (Å²) in [6, 6.07) is 10.4. The van der Waals surface area contributed by atoms with Gasteiger partial charge in [0.15, 0.2) is 0 Å². The van der Waals surface area contributed by atoms with E-state index in [0.29, 0.717) is 5.56 Å². The average molecular weight is 348 g/mol. The van der Waals surface area contributed by atoms with Gasteiger partial charge < -0.3 is 5.11 Å². The Hall–Kier alpha value is -1.76. The van der Waals surface area contributed by atoms with Gasteiger partial charge in [0, 0.05) is 48.0 Å². The highest BCUT2D eigenvalue weighted by molar-refractivity contribution is 7.15. The Morgan fingerprint density at radius 3 is 2.58 bits per heavy atom. The van der Waals surface area contributed by atoms with Gasteiger partial charge in [0.1, 0.15) is 11.9 Å². The van der Waals surface area contributed by atoms with E-state index in [4.69, 9.17) is 5.11 Å². The zero-order valence-electron chi connectivity index (χ0n) is 13.6. The summed E-state index contributed by atoms with van der Waals surface area (Å²) in [5.41, 5.74) is 0.647. The van der Waals surface area contributed by atoms with Crippen molar-refractivity contribution >= 4 is 17.3 Å². The first-order valence-corrected chi connectivity index (χ1v) is 8.89. The number of thiophene rings is 1. The molecule has 1 unspecified atom stereocenters. The van der Waals surface area contributed by atoms with Crippen LogP contribution in [0, 0.1) is 5.82 Å². The maximum atomic E-state index is 13.9. The third-order valence-electron chi connectivity index (χ3n) is 4.49. The number of hydrogen-bond acceptors (Lipinski definition) is 4. The normalized spacial score (nSPS) is 17.8. The van der Waals surface area contributed by atoms with E-state index >= 15 is 0 Å². The second kappa shape index (κ2) is 7.42. The van der Waals surface area contributed by atoms with Gasteiger partial charge in [0.05, 0.1) is 0 Å². The Bertz CT molecular complexity index is 711. The first-order valence-electron chi connectivity index (χ1n) is 8.07. The molecule has 0 amide bonds. The molecular formula is C18H21FN2O2S. The Labute approximate surface area is 145 Å². The number of carboxylic acids is 1. The number of aliphatic carboxylic acids is 1. The van der Waals surface area contributed by atoms with Gasteiger partial charge in [0.2, 0.25) is 0 Å². The molecular weight excluding hydrogens is 327 g/mol. The summed E-state index contributed by atoms with van der Waals surface area (Å²) in [5, 5.41) is 9.08. The molecule has 0 radical (unpaired) electrons. The van der Waals surface area contributed by atoms with Crippen molar-refractivity contribution in [1.29, 1.82) is 0 Å². The average Bonchev–Trinajstić information content (AvgIpc) is 3.03. The predicted octanol–water partition coefficient (Wildman–Crippen LogP) is 3.14. The molecule has 2 aromatic rings. The zero-order chi connectivity index (χ0) is 17.1. The van der Waals surface area contributed by atoms with Crippen molar-refractivity contribution in [3.05, 3.63) is 47.1 Å². The van der Waals surface area contributed by atoms with E-state index in [1.807, 2.05) is 17.0 Å². The molecule has 1 N–H and O–H groups in total. The summed E-state index contributed by atoms with van der Waals surface area (Å²) in [4.78, 5) is 17.5. The summed E-state index contributed by atoms with van der Waals surface area (Å²) in [6.07, 6.45) is 0. The first-order chi connectivity index (χ1) is 11.5. The number of carboxylic acid groups (broad SMARTS) is 1. The monoisotopic (exact) mass is 348 g/mol. The number of hydrogen-bond donors (Lipinski definition) is 1. The van der Waals surface area contributed by atoms with Crippen LogP contribution in [0.15, 0.2) is 36.4 Å². The minimum Gasteiger partial charge on any atom is -0.480 e. The molecule has 1 aliphatic rings. The van der Waals surface area contributed by atoms with Gasteiger partial charge in [-0.15, -0.1) is 11.3 Å². The Morgan fingerprint density at radius 2 is 1.92 bits per heavy atom. The summed E-state index contributed by atoms with van der Waals surface area (Å²) in [5.74, 6) is -0.960. The van der Waals surface area contributed by atoms with Crippen molar-refractivity contribution in [2.45, 2.75) is 19.5 Å². The van der Waals surface area contributed by atoms with Crippen molar-refractivity contribution in [3.8, 4) is 10.4 Å². The fraction of sp³-hybridized carbons (Fsp3) is 0.389. The lowest BCUT2D eigenvalue weighted by atomic mass is 10.2. The van der Waals surface area contributed by atoms with Crippen LogP contribution in [0.4, 0.5) is 4.39 Å². The standard InChI is InChI=1S/C18H21FN2O2S/c1-13(18(22)23)21-10-8-20(9-11-21)12-14-6-7-17(24-14)15-4-2-3-5-16(15)19/h2-7,13H,8-12H2,1H3,(H,22,23). The highest BCUT2D eigenvalue weighted by Crippen LogP contribution is 2.30. The van der Waals surface area contributed by atoms with Crippen molar-refractivity contribution in [3.63, 3.8) is 0 Å². The Balaban J connectivity index is 1.59. The van der Waals surface area contributed by atoms with Crippen LogP contribution in [-0.2, 0) is 11.3 Å². The molecule has 1 atom stereocenters. The van der Waals surface area contributed by atoms with Crippen LogP contribution in [0.1, 0.15) is 11.8 Å². The second-order valence-corrected chi connectivity index (χ2v) is 7.24. The highest BCUT2D eigenvalue weighted by atomic mass is 32.1. The summed E-state index contributed by atoms with van der Waals surface area (Å²) < 4.78 is 13.9. The summed E-state index contributed by atoms with van der Waals surface area (Å²) in [7, 11) is 0. The Morgan fingerprint density at radius 1 is 1.21 bits per heavy atom. The number of carbonyl (C=O) groups is 1. The third kappa shape index (κ3) is 3.83. The van der Waals surface area contributed by atoms with E-state index in [1.165, 1.54) is 10.9 Å². The van der Waals surface area contributed by atoms with E-state index in [0.717, 1.165) is 37.6 Å². The smallest absolute Gasteiger partial charge is 0.320 e. The third-order valence-corrected chi connectivity index (χ3v) is 5.60. The topological polar surface area (TPSA) is 43.8 Å². The van der Waals surface area contributed by atoms with E-state index in [-0.39, 0.29) is 5.82 Å². The van der Waals surface area contributed by atoms with Crippen LogP contribution >= 0.6 is 11.3 Å². The van der Waals surface area contributed by atoms with Crippen LogP contribution in [0.3, 0.4) is 0 Å². The van der Waals surface area contributed by atoms with E-state index < -0.39 is 12.0 Å². The number of benzene rings is 1. The molecule has 4 nitrogen and oxygen atoms in total. The second-order valence-electron chi connectivity index (χ2n) is 6.07. The van der Waals surface area contributed by atoms with Crippen molar-refractivity contribution in [1.82, 2.24) is 9.80 Å².